The van der Waals surface area contributed by atoms with Crippen LogP contribution in [0, 0.1) is 0 Å². The van der Waals surface area contributed by atoms with E-state index >= 15 is 0 Å². The quantitative estimate of drug-likeness (QED) is 0.221. The zero-order valence-corrected chi connectivity index (χ0v) is 28.4. The van der Waals surface area contributed by atoms with Gasteiger partial charge in [0.2, 0.25) is 0 Å². The normalized spacial score (nSPS) is 22.4. The topological polar surface area (TPSA) is 6.48 Å². The Hall–Kier alpha value is -3.75. The van der Waals surface area contributed by atoms with Gasteiger partial charge >= 0.3 is 0 Å². The van der Waals surface area contributed by atoms with Gasteiger partial charge in [-0.1, -0.05) is 118 Å². The second-order valence-corrected chi connectivity index (χ2v) is 14.4. The Morgan fingerprint density at radius 2 is 1.40 bits per heavy atom. The molecule has 230 valence electrons. The van der Waals surface area contributed by atoms with Gasteiger partial charge in [-0.15, -0.1) is 0 Å². The second-order valence-electron chi connectivity index (χ2n) is 14.0. The molecule has 3 aliphatic rings. The molecule has 0 amide bonds. The largest absolute Gasteiger partial charge is 0.364 e. The first-order valence-electron chi connectivity index (χ1n) is 16.8. The van der Waals surface area contributed by atoms with Crippen LogP contribution in [0.25, 0.3) is 21.5 Å². The summed E-state index contributed by atoms with van der Waals surface area (Å²) in [5.74, 6) is 0. The van der Waals surface area contributed by atoms with E-state index in [1.807, 2.05) is 0 Å². The molecule has 4 aromatic rings. The average molecular weight is 613 g/mol. The molecule has 2 aliphatic heterocycles. The van der Waals surface area contributed by atoms with Crippen molar-refractivity contribution in [1.82, 2.24) is 0 Å². The van der Waals surface area contributed by atoms with Gasteiger partial charge in [0, 0.05) is 46.0 Å². The molecular weight excluding hydrogens is 568 g/mol. The zero-order chi connectivity index (χ0) is 31.5. The van der Waals surface area contributed by atoms with Crippen molar-refractivity contribution in [3.05, 3.63) is 130 Å². The van der Waals surface area contributed by atoms with Gasteiger partial charge in [-0.05, 0) is 95.1 Å². The van der Waals surface area contributed by atoms with Gasteiger partial charge in [0.1, 0.15) is 0 Å². The number of benzene rings is 4. The number of halogens is 1. The van der Waals surface area contributed by atoms with Crippen molar-refractivity contribution in [3.63, 3.8) is 0 Å². The van der Waals surface area contributed by atoms with Crippen LogP contribution in [-0.2, 0) is 10.8 Å². The molecule has 3 heteroatoms. The van der Waals surface area contributed by atoms with Crippen molar-refractivity contribution in [2.24, 2.45) is 0 Å². The highest BCUT2D eigenvalue weighted by Crippen LogP contribution is 2.51. The molecule has 0 N–H and O–H groups in total. The highest BCUT2D eigenvalue weighted by molar-refractivity contribution is 6.32. The van der Waals surface area contributed by atoms with E-state index in [2.05, 4.69) is 148 Å². The second kappa shape index (κ2) is 11.2. The van der Waals surface area contributed by atoms with Gasteiger partial charge in [-0.2, -0.15) is 0 Å². The van der Waals surface area contributed by atoms with Crippen molar-refractivity contribution in [3.8, 4) is 0 Å². The Kier molecular flexibility index (Phi) is 7.48. The third-order valence-electron chi connectivity index (χ3n) is 10.7. The number of hydrogen-bond donors (Lipinski definition) is 0. The van der Waals surface area contributed by atoms with Gasteiger partial charge in [0.15, 0.2) is 0 Å². The molecule has 1 unspecified atom stereocenters. The summed E-state index contributed by atoms with van der Waals surface area (Å²) < 4.78 is 0. The molecule has 7 rings (SSSR count). The lowest BCUT2D eigenvalue weighted by Crippen LogP contribution is -2.39. The summed E-state index contributed by atoms with van der Waals surface area (Å²) in [6.45, 7) is 16.0. The molecule has 45 heavy (non-hydrogen) atoms. The molecule has 0 saturated heterocycles. The van der Waals surface area contributed by atoms with E-state index in [9.17, 15) is 0 Å². The molecule has 0 saturated carbocycles. The molecular formula is C42H45ClN2. The smallest absolute Gasteiger partial charge is 0.0568 e. The van der Waals surface area contributed by atoms with Crippen molar-refractivity contribution in [2.45, 2.75) is 77.7 Å². The zero-order valence-electron chi connectivity index (χ0n) is 27.6. The van der Waals surface area contributed by atoms with Gasteiger partial charge in [0.05, 0.1) is 6.04 Å². The van der Waals surface area contributed by atoms with Crippen LogP contribution in [-0.4, -0.2) is 19.1 Å². The lowest BCUT2D eigenvalue weighted by Gasteiger charge is -2.32. The lowest BCUT2D eigenvalue weighted by molar-refractivity contribution is 0.481. The molecule has 0 aromatic heterocycles. The standard InChI is InChI=1S/C42H45ClN2/c1-7-44-34-24-20-28-14-9-11-18-32(28)38(34)41(3,4)36(44)26-22-30-16-13-17-31(40(30)43)23-27-37-42(5,6)39-33-19-12-10-15-29(33)21-25-35(39)45(37)8-2/h9-12,14-15,18-27,36H,7-8,13,16-17H2,1-6H3. The fourth-order valence-corrected chi connectivity index (χ4v) is 8.86. The van der Waals surface area contributed by atoms with E-state index in [0.717, 1.165) is 37.4 Å². The van der Waals surface area contributed by atoms with Gasteiger partial charge in [0.25, 0.3) is 0 Å². The first-order chi connectivity index (χ1) is 21.7. The maximum atomic E-state index is 7.24. The van der Waals surface area contributed by atoms with E-state index in [1.54, 1.807) is 0 Å². The predicted molar refractivity (Wildman–Crippen MR) is 196 cm³/mol. The van der Waals surface area contributed by atoms with Crippen LogP contribution in [0.2, 0.25) is 0 Å². The average Bonchev–Trinajstić information content (AvgIpc) is 3.41. The molecule has 2 nitrogen and oxygen atoms in total. The summed E-state index contributed by atoms with van der Waals surface area (Å²) in [5, 5.41) is 6.27. The Bertz CT molecular complexity index is 1940. The van der Waals surface area contributed by atoms with E-state index in [4.69, 9.17) is 11.6 Å². The first kappa shape index (κ1) is 29.9. The molecule has 0 spiro atoms. The number of hydrogen-bond acceptors (Lipinski definition) is 2. The number of fused-ring (bicyclic) bond motifs is 6. The molecule has 0 bridgehead atoms. The molecule has 0 radical (unpaired) electrons. The van der Waals surface area contributed by atoms with Crippen LogP contribution < -0.4 is 9.80 Å². The van der Waals surface area contributed by atoms with Crippen LogP contribution in [0.1, 0.15) is 71.9 Å². The van der Waals surface area contributed by atoms with Gasteiger partial charge in [-0.3, -0.25) is 0 Å². The summed E-state index contributed by atoms with van der Waals surface area (Å²) in [6.07, 6.45) is 12.6. The van der Waals surface area contributed by atoms with Crippen LogP contribution in [0.5, 0.6) is 0 Å². The van der Waals surface area contributed by atoms with Gasteiger partial charge < -0.3 is 9.80 Å². The highest BCUT2D eigenvalue weighted by Gasteiger charge is 2.44. The molecule has 0 fully saturated rings. The van der Waals surface area contributed by atoms with Crippen molar-refractivity contribution in [2.75, 3.05) is 22.9 Å². The minimum Gasteiger partial charge on any atom is -0.364 e. The van der Waals surface area contributed by atoms with E-state index in [1.165, 1.54) is 60.9 Å². The van der Waals surface area contributed by atoms with Crippen LogP contribution >= 0.6 is 11.6 Å². The number of likely N-dealkylation sites (N-methyl/N-ethyl adjacent to an activating group) is 2. The van der Waals surface area contributed by atoms with E-state index in [0.29, 0.717) is 0 Å². The maximum Gasteiger partial charge on any atom is 0.0568 e. The van der Waals surface area contributed by atoms with Crippen molar-refractivity contribution >= 4 is 44.5 Å². The van der Waals surface area contributed by atoms with E-state index in [-0.39, 0.29) is 16.9 Å². The fourth-order valence-electron chi connectivity index (χ4n) is 8.55. The molecule has 1 aliphatic carbocycles. The summed E-state index contributed by atoms with van der Waals surface area (Å²) >= 11 is 7.24. The Morgan fingerprint density at radius 3 is 2.07 bits per heavy atom. The Morgan fingerprint density at radius 1 is 0.756 bits per heavy atom. The SMILES string of the molecule is CCN1C(=CC=C2CCCC(C=CC3N(CC)c4ccc5ccccc5c4C3(C)C)=C2Cl)C(C)(C)c2c1ccc1ccccc21. The predicted octanol–water partition coefficient (Wildman–Crippen LogP) is 11.3. The fraction of sp³-hybridized carbons (Fsp3) is 0.333. The maximum absolute atomic E-state index is 7.24. The minimum atomic E-state index is -0.103. The Labute approximate surface area is 274 Å². The first-order valence-corrected chi connectivity index (χ1v) is 17.1. The minimum absolute atomic E-state index is 0.0235. The van der Waals surface area contributed by atoms with Crippen molar-refractivity contribution < 1.29 is 0 Å². The van der Waals surface area contributed by atoms with Crippen LogP contribution in [0.4, 0.5) is 11.4 Å². The molecule has 4 aromatic carbocycles. The number of anilines is 2. The number of allylic oxidation sites excluding steroid dienone is 7. The molecule has 1 atom stereocenters. The third kappa shape index (κ3) is 4.67. The third-order valence-corrected chi connectivity index (χ3v) is 11.2. The number of rotatable bonds is 5. The summed E-state index contributed by atoms with van der Waals surface area (Å²) in [4.78, 5) is 5.06. The van der Waals surface area contributed by atoms with Crippen molar-refractivity contribution in [1.29, 1.82) is 0 Å². The van der Waals surface area contributed by atoms with Crippen LogP contribution in [0.3, 0.4) is 0 Å². The summed E-state index contributed by atoms with van der Waals surface area (Å²) in [5.41, 5.74) is 9.29. The highest BCUT2D eigenvalue weighted by atomic mass is 35.5. The Balaban J connectivity index is 1.23. The lowest BCUT2D eigenvalue weighted by atomic mass is 9.78. The van der Waals surface area contributed by atoms with Gasteiger partial charge in [-0.25, -0.2) is 0 Å². The van der Waals surface area contributed by atoms with E-state index < -0.39 is 0 Å². The monoisotopic (exact) mass is 612 g/mol. The molecule has 2 heterocycles. The summed E-state index contributed by atoms with van der Waals surface area (Å²) in [6, 6.07) is 27.0. The summed E-state index contributed by atoms with van der Waals surface area (Å²) in [7, 11) is 0. The van der Waals surface area contributed by atoms with Crippen LogP contribution in [0.15, 0.2) is 119 Å². The number of nitrogens with zero attached hydrogens (tertiary/aromatic N) is 2.